The second kappa shape index (κ2) is 5.78. The van der Waals surface area contributed by atoms with E-state index >= 15 is 0 Å². The predicted octanol–water partition coefficient (Wildman–Crippen LogP) is 3.27. The van der Waals surface area contributed by atoms with Gasteiger partial charge in [-0.2, -0.15) is 4.52 Å². The molecule has 0 radical (unpaired) electrons. The highest BCUT2D eigenvalue weighted by Crippen LogP contribution is 2.41. The van der Waals surface area contributed by atoms with Crippen LogP contribution in [-0.4, -0.2) is 37.7 Å². The monoisotopic (exact) mass is 350 g/mol. The molecule has 1 N–H and O–H groups in total. The van der Waals surface area contributed by atoms with Crippen LogP contribution in [0.25, 0.3) is 4.96 Å². The Hall–Kier alpha value is -2.06. The van der Waals surface area contributed by atoms with E-state index in [9.17, 15) is 13.9 Å². The number of nitrogens with zero attached hydrogens (tertiary/aromatic N) is 4. The first-order valence-electron chi connectivity index (χ1n) is 7.78. The first kappa shape index (κ1) is 15.5. The van der Waals surface area contributed by atoms with Crippen molar-refractivity contribution in [2.75, 3.05) is 13.1 Å². The lowest BCUT2D eigenvalue weighted by molar-refractivity contribution is 0.276. The topological polar surface area (TPSA) is 53.7 Å². The Morgan fingerprint density at radius 2 is 1.96 bits per heavy atom. The van der Waals surface area contributed by atoms with Gasteiger partial charge in [-0.25, -0.2) is 13.8 Å². The van der Waals surface area contributed by atoms with Crippen molar-refractivity contribution in [3.05, 3.63) is 46.1 Å². The number of fused-ring (bicyclic) bond motifs is 1. The van der Waals surface area contributed by atoms with Gasteiger partial charge in [-0.3, -0.25) is 4.90 Å². The Labute approximate surface area is 141 Å². The largest absolute Gasteiger partial charge is 0.492 e. The lowest BCUT2D eigenvalue weighted by Gasteiger charge is -2.27. The van der Waals surface area contributed by atoms with Crippen LogP contribution < -0.4 is 0 Å². The number of likely N-dealkylation sites (tertiary alicyclic amines) is 1. The van der Waals surface area contributed by atoms with Gasteiger partial charge in [-0.1, -0.05) is 17.4 Å². The molecule has 0 aliphatic carbocycles. The molecule has 24 heavy (non-hydrogen) atoms. The summed E-state index contributed by atoms with van der Waals surface area (Å²) in [6, 6.07) is 3.57. The first-order chi connectivity index (χ1) is 11.5. The molecule has 1 aromatic carbocycles. The zero-order valence-corrected chi connectivity index (χ0v) is 13.9. The van der Waals surface area contributed by atoms with Gasteiger partial charge < -0.3 is 5.11 Å². The second-order valence-corrected chi connectivity index (χ2v) is 6.97. The van der Waals surface area contributed by atoms with Gasteiger partial charge in [0.15, 0.2) is 11.6 Å². The molecule has 3 heterocycles. The van der Waals surface area contributed by atoms with E-state index in [0.717, 1.165) is 32.0 Å². The van der Waals surface area contributed by atoms with Crippen molar-refractivity contribution < 1.29 is 13.9 Å². The van der Waals surface area contributed by atoms with Crippen LogP contribution in [0.4, 0.5) is 8.78 Å². The molecule has 2 aromatic heterocycles. The van der Waals surface area contributed by atoms with Gasteiger partial charge >= 0.3 is 0 Å². The van der Waals surface area contributed by atoms with Crippen molar-refractivity contribution >= 4 is 16.3 Å². The SMILES string of the molecule is Cc1nc2sc([C@H](c3ccc(F)c(F)c3)N3CCCC3)c(O)n2n1. The van der Waals surface area contributed by atoms with Crippen molar-refractivity contribution in [3.8, 4) is 5.88 Å². The highest BCUT2D eigenvalue weighted by atomic mass is 32.1. The van der Waals surface area contributed by atoms with E-state index in [1.807, 2.05) is 0 Å². The number of hydrogen-bond acceptors (Lipinski definition) is 5. The lowest BCUT2D eigenvalue weighted by Crippen LogP contribution is -2.26. The summed E-state index contributed by atoms with van der Waals surface area (Å²) in [7, 11) is 0. The van der Waals surface area contributed by atoms with Gasteiger partial charge in [-0.05, 0) is 50.6 Å². The smallest absolute Gasteiger partial charge is 0.230 e. The number of benzene rings is 1. The molecular formula is C16H16F2N4OS. The fourth-order valence-electron chi connectivity index (χ4n) is 3.24. The van der Waals surface area contributed by atoms with E-state index in [1.165, 1.54) is 21.9 Å². The Kier molecular flexibility index (Phi) is 3.73. The Morgan fingerprint density at radius 3 is 2.62 bits per heavy atom. The molecule has 4 rings (SSSR count). The summed E-state index contributed by atoms with van der Waals surface area (Å²) in [5.74, 6) is -1.17. The van der Waals surface area contributed by atoms with Crippen molar-refractivity contribution in [1.29, 1.82) is 0 Å². The van der Waals surface area contributed by atoms with Crippen LogP contribution in [-0.2, 0) is 0 Å². The number of aromatic hydroxyl groups is 1. The van der Waals surface area contributed by atoms with E-state index in [4.69, 9.17) is 0 Å². The number of aromatic nitrogens is 3. The van der Waals surface area contributed by atoms with E-state index in [0.29, 0.717) is 21.2 Å². The number of thiazole rings is 1. The molecular weight excluding hydrogens is 334 g/mol. The average Bonchev–Trinajstić information content (AvgIpc) is 3.24. The quantitative estimate of drug-likeness (QED) is 0.788. The van der Waals surface area contributed by atoms with Gasteiger partial charge in [0.1, 0.15) is 5.82 Å². The second-order valence-electron chi connectivity index (χ2n) is 5.96. The van der Waals surface area contributed by atoms with E-state index in [2.05, 4.69) is 15.0 Å². The van der Waals surface area contributed by atoms with Crippen LogP contribution >= 0.6 is 11.3 Å². The van der Waals surface area contributed by atoms with Crippen molar-refractivity contribution in [2.45, 2.75) is 25.8 Å². The van der Waals surface area contributed by atoms with Crippen LogP contribution in [0.2, 0.25) is 0 Å². The maximum Gasteiger partial charge on any atom is 0.230 e. The third-order valence-corrected chi connectivity index (χ3v) is 5.39. The standard InChI is InChI=1S/C16H16F2N4OS/c1-9-19-16-22(20-9)15(23)14(24-16)13(21-6-2-3-7-21)10-4-5-11(17)12(18)8-10/h4-5,8,13,23H,2-3,6-7H2,1H3/t13-/m0/s1. The lowest BCUT2D eigenvalue weighted by atomic mass is 10.0. The summed E-state index contributed by atoms with van der Waals surface area (Å²) in [6.45, 7) is 3.44. The number of aryl methyl sites for hydroxylation is 1. The van der Waals surface area contributed by atoms with Crippen molar-refractivity contribution in [2.24, 2.45) is 0 Å². The van der Waals surface area contributed by atoms with E-state index in [1.54, 1.807) is 13.0 Å². The number of halogens is 2. The molecule has 1 aliphatic rings. The minimum absolute atomic E-state index is 0.0113. The molecule has 126 valence electrons. The van der Waals surface area contributed by atoms with Crippen LogP contribution in [0.1, 0.15) is 35.1 Å². The van der Waals surface area contributed by atoms with Gasteiger partial charge in [0, 0.05) is 0 Å². The Balaban J connectivity index is 1.86. The first-order valence-corrected chi connectivity index (χ1v) is 8.60. The highest BCUT2D eigenvalue weighted by molar-refractivity contribution is 7.17. The summed E-state index contributed by atoms with van der Waals surface area (Å²) >= 11 is 1.33. The van der Waals surface area contributed by atoms with Crippen LogP contribution in [0.3, 0.4) is 0 Å². The van der Waals surface area contributed by atoms with Gasteiger partial charge in [0.2, 0.25) is 10.8 Å². The molecule has 0 spiro atoms. The average molecular weight is 350 g/mol. The molecule has 5 nitrogen and oxygen atoms in total. The summed E-state index contributed by atoms with van der Waals surface area (Å²) in [5.41, 5.74) is 0.618. The molecule has 1 aliphatic heterocycles. The Morgan fingerprint density at radius 1 is 1.21 bits per heavy atom. The highest BCUT2D eigenvalue weighted by Gasteiger charge is 2.31. The number of rotatable bonds is 3. The maximum atomic E-state index is 13.8. The minimum Gasteiger partial charge on any atom is -0.492 e. The Bertz CT molecular complexity index is 901. The molecule has 0 bridgehead atoms. The van der Waals surface area contributed by atoms with Crippen LogP contribution in [0.5, 0.6) is 5.88 Å². The molecule has 3 aromatic rings. The summed E-state index contributed by atoms with van der Waals surface area (Å²) in [4.78, 5) is 7.70. The van der Waals surface area contributed by atoms with Crippen molar-refractivity contribution in [1.82, 2.24) is 19.5 Å². The predicted molar refractivity (Wildman–Crippen MR) is 86.3 cm³/mol. The molecule has 1 saturated heterocycles. The van der Waals surface area contributed by atoms with E-state index in [-0.39, 0.29) is 11.9 Å². The summed E-state index contributed by atoms with van der Waals surface area (Å²) in [5, 5.41) is 14.8. The molecule has 1 fully saturated rings. The third kappa shape index (κ3) is 2.46. The molecule has 0 saturated carbocycles. The zero-order chi connectivity index (χ0) is 16.8. The molecule has 1 atom stereocenters. The van der Waals surface area contributed by atoms with Crippen molar-refractivity contribution in [3.63, 3.8) is 0 Å². The third-order valence-electron chi connectivity index (χ3n) is 4.32. The van der Waals surface area contributed by atoms with Gasteiger partial charge in [0.25, 0.3) is 0 Å². The molecule has 0 amide bonds. The summed E-state index contributed by atoms with van der Waals surface area (Å²) < 4.78 is 28.5. The van der Waals surface area contributed by atoms with Gasteiger partial charge in [-0.15, -0.1) is 5.10 Å². The van der Waals surface area contributed by atoms with E-state index < -0.39 is 11.6 Å². The minimum atomic E-state index is -0.883. The zero-order valence-electron chi connectivity index (χ0n) is 13.0. The fraction of sp³-hybridized carbons (Fsp3) is 0.375. The number of hydrogen-bond donors (Lipinski definition) is 1. The van der Waals surface area contributed by atoms with Crippen LogP contribution in [0.15, 0.2) is 18.2 Å². The fourth-order valence-corrected chi connectivity index (χ4v) is 4.40. The normalized spacial score (nSPS) is 17.0. The van der Waals surface area contributed by atoms with Crippen LogP contribution in [0, 0.1) is 18.6 Å². The van der Waals surface area contributed by atoms with Gasteiger partial charge in [0.05, 0.1) is 10.9 Å². The molecule has 0 unspecified atom stereocenters. The summed E-state index contributed by atoms with van der Waals surface area (Å²) in [6.07, 6.45) is 2.08. The maximum absolute atomic E-state index is 13.8. The molecule has 8 heteroatoms.